The molecule has 2 heterocycles. The molecule has 2 aliphatic carbocycles. The van der Waals surface area contributed by atoms with Gasteiger partial charge in [-0.15, -0.1) is 0 Å². The minimum Gasteiger partial charge on any atom is -0.385 e. The largest absolute Gasteiger partial charge is 0.385 e. The van der Waals surface area contributed by atoms with Crippen LogP contribution in [0.4, 0.5) is 0 Å². The molecule has 2 spiro atoms. The molecule has 6 rings (SSSR count). The Morgan fingerprint density at radius 3 is 1.32 bits per heavy atom. The monoisotopic (exact) mass is 702 g/mol. The number of aliphatic hydroxyl groups is 1. The van der Waals surface area contributed by atoms with Gasteiger partial charge < -0.3 is 24.1 Å². The summed E-state index contributed by atoms with van der Waals surface area (Å²) in [5.41, 5.74) is 0.250. The van der Waals surface area contributed by atoms with Gasteiger partial charge in [-0.05, 0) is 54.8 Å². The zero-order chi connectivity index (χ0) is 26.4. The average Bonchev–Trinajstić information content (AvgIpc) is 3.57. The quantitative estimate of drug-likeness (QED) is 0.344. The molecule has 0 unspecified atom stereocenters. The lowest BCUT2D eigenvalue weighted by Gasteiger charge is -2.40. The van der Waals surface area contributed by atoms with Crippen LogP contribution < -0.4 is 0 Å². The van der Waals surface area contributed by atoms with Crippen molar-refractivity contribution in [1.29, 1.82) is 0 Å². The SMILES string of the molecule is Brc1ccc(Br)cc1.O=C1CCC2(CC1)OCCO2.OC1(c2ccc(Br)cc2)CCC2(CC1)OCCO2. The highest BCUT2D eigenvalue weighted by molar-refractivity contribution is 9.11. The summed E-state index contributed by atoms with van der Waals surface area (Å²) in [6.45, 7) is 2.73. The van der Waals surface area contributed by atoms with Crippen molar-refractivity contribution in [2.45, 2.75) is 68.5 Å². The predicted octanol–water partition coefficient (Wildman–Crippen LogP) is 7.04. The summed E-state index contributed by atoms with van der Waals surface area (Å²) in [6, 6.07) is 15.9. The Balaban J connectivity index is 0.000000143. The van der Waals surface area contributed by atoms with E-state index < -0.39 is 11.4 Å². The van der Waals surface area contributed by atoms with Crippen molar-refractivity contribution >= 4 is 53.6 Å². The van der Waals surface area contributed by atoms with E-state index in [9.17, 15) is 9.90 Å². The summed E-state index contributed by atoms with van der Waals surface area (Å²) >= 11 is 10.1. The Labute approximate surface area is 243 Å². The van der Waals surface area contributed by atoms with Crippen molar-refractivity contribution in [2.75, 3.05) is 26.4 Å². The molecule has 2 saturated heterocycles. The maximum Gasteiger partial charge on any atom is 0.169 e. The fourth-order valence-corrected chi connectivity index (χ4v) is 5.80. The number of ether oxygens (including phenoxy) is 4. The van der Waals surface area contributed by atoms with Crippen LogP contribution in [0.1, 0.15) is 56.9 Å². The van der Waals surface area contributed by atoms with Crippen LogP contribution in [0.25, 0.3) is 0 Å². The molecule has 0 atom stereocenters. The maximum absolute atomic E-state index is 10.9. The highest BCUT2D eigenvalue weighted by Gasteiger charge is 2.46. The second-order valence-electron chi connectivity index (χ2n) is 9.73. The molecule has 4 aliphatic rings. The van der Waals surface area contributed by atoms with Crippen LogP contribution in [0.5, 0.6) is 0 Å². The molecule has 0 radical (unpaired) electrons. The topological polar surface area (TPSA) is 74.2 Å². The highest BCUT2D eigenvalue weighted by atomic mass is 79.9. The number of hydrogen-bond donors (Lipinski definition) is 1. The van der Waals surface area contributed by atoms with Crippen LogP contribution in [0, 0.1) is 0 Å². The molecule has 4 fully saturated rings. The van der Waals surface area contributed by atoms with Crippen LogP contribution in [0.3, 0.4) is 0 Å². The number of carbonyl (C=O) groups is 1. The summed E-state index contributed by atoms with van der Waals surface area (Å²) in [6.07, 6.45) is 5.67. The zero-order valence-electron chi connectivity index (χ0n) is 20.7. The zero-order valence-corrected chi connectivity index (χ0v) is 25.5. The molecule has 202 valence electrons. The number of hydrogen-bond acceptors (Lipinski definition) is 6. The van der Waals surface area contributed by atoms with Gasteiger partial charge in [-0.3, -0.25) is 4.79 Å². The van der Waals surface area contributed by atoms with Gasteiger partial charge in [0.25, 0.3) is 0 Å². The lowest BCUT2D eigenvalue weighted by atomic mass is 9.77. The van der Waals surface area contributed by atoms with Gasteiger partial charge in [-0.1, -0.05) is 59.9 Å². The van der Waals surface area contributed by atoms with Crippen molar-refractivity contribution in [2.24, 2.45) is 0 Å². The van der Waals surface area contributed by atoms with Gasteiger partial charge in [0.2, 0.25) is 0 Å². The summed E-state index contributed by atoms with van der Waals surface area (Å²) < 4.78 is 25.5. The third-order valence-electron chi connectivity index (χ3n) is 7.22. The Morgan fingerprint density at radius 2 is 0.919 bits per heavy atom. The van der Waals surface area contributed by atoms with Gasteiger partial charge in [-0.25, -0.2) is 0 Å². The fourth-order valence-electron chi connectivity index (χ4n) is 5.00. The second-order valence-corrected chi connectivity index (χ2v) is 12.5. The minimum atomic E-state index is -0.735. The van der Waals surface area contributed by atoms with Gasteiger partial charge in [0, 0.05) is 51.9 Å². The number of halogens is 3. The van der Waals surface area contributed by atoms with Crippen LogP contribution in [-0.2, 0) is 29.3 Å². The second kappa shape index (κ2) is 13.1. The van der Waals surface area contributed by atoms with Crippen LogP contribution in [0.15, 0.2) is 61.9 Å². The van der Waals surface area contributed by atoms with Crippen molar-refractivity contribution < 1.29 is 28.8 Å². The number of rotatable bonds is 1. The normalized spacial score (nSPS) is 23.2. The van der Waals surface area contributed by atoms with Gasteiger partial charge in [0.05, 0.1) is 32.0 Å². The van der Waals surface area contributed by atoms with Gasteiger partial charge in [0.1, 0.15) is 5.78 Å². The van der Waals surface area contributed by atoms with Crippen LogP contribution >= 0.6 is 47.8 Å². The molecule has 2 aromatic carbocycles. The van der Waals surface area contributed by atoms with Gasteiger partial charge in [0.15, 0.2) is 11.6 Å². The van der Waals surface area contributed by atoms with Crippen molar-refractivity contribution in [3.05, 3.63) is 67.5 Å². The molecule has 2 aliphatic heterocycles. The number of ketones is 1. The summed E-state index contributed by atoms with van der Waals surface area (Å²) in [4.78, 5) is 10.9. The Hall–Kier alpha value is -0.650. The third-order valence-corrected chi connectivity index (χ3v) is 8.81. The molecule has 6 nitrogen and oxygen atoms in total. The Kier molecular flexibility index (Phi) is 10.4. The van der Waals surface area contributed by atoms with E-state index in [1.54, 1.807) is 0 Å². The fraction of sp³-hybridized carbons (Fsp3) is 0.536. The lowest BCUT2D eigenvalue weighted by Crippen LogP contribution is -2.42. The van der Waals surface area contributed by atoms with Crippen molar-refractivity contribution in [3.8, 4) is 0 Å². The van der Waals surface area contributed by atoms with Crippen molar-refractivity contribution in [3.63, 3.8) is 0 Å². The van der Waals surface area contributed by atoms with Crippen LogP contribution in [0.2, 0.25) is 0 Å². The first-order valence-corrected chi connectivity index (χ1v) is 15.1. The molecular weight excluding hydrogens is 672 g/mol. The molecule has 2 aromatic rings. The third kappa shape index (κ3) is 8.18. The van der Waals surface area contributed by atoms with E-state index in [2.05, 4.69) is 47.8 Å². The standard InChI is InChI=1S/C14H17BrO3.C8H12O3.C6H4Br2/c15-12-3-1-11(2-4-12)13(16)5-7-14(8-6-13)17-9-10-18-14;9-7-1-3-8(4-2-7)10-5-6-11-8;7-5-1-2-6(8)4-3-5/h1-4,16H,5-10H2;1-6H2;1-4H. The van der Waals surface area contributed by atoms with E-state index >= 15 is 0 Å². The van der Waals surface area contributed by atoms with Crippen LogP contribution in [-0.4, -0.2) is 48.9 Å². The first-order valence-electron chi connectivity index (χ1n) is 12.7. The van der Waals surface area contributed by atoms with E-state index in [1.807, 2.05) is 48.5 Å². The summed E-state index contributed by atoms with van der Waals surface area (Å²) in [5, 5.41) is 10.8. The average molecular weight is 705 g/mol. The molecule has 2 saturated carbocycles. The Bertz CT molecular complexity index is 972. The van der Waals surface area contributed by atoms with Crippen molar-refractivity contribution in [1.82, 2.24) is 0 Å². The van der Waals surface area contributed by atoms with E-state index in [0.717, 1.165) is 44.7 Å². The smallest absolute Gasteiger partial charge is 0.169 e. The molecule has 37 heavy (non-hydrogen) atoms. The number of Topliss-reactive ketones (excluding diaryl/α,β-unsaturated/α-hetero) is 1. The molecule has 1 N–H and O–H groups in total. The lowest BCUT2D eigenvalue weighted by molar-refractivity contribution is -0.204. The van der Waals surface area contributed by atoms with E-state index in [0.29, 0.717) is 57.9 Å². The molecular formula is C28H33Br3O6. The maximum atomic E-state index is 10.9. The van der Waals surface area contributed by atoms with Gasteiger partial charge >= 0.3 is 0 Å². The van der Waals surface area contributed by atoms with E-state index in [1.165, 1.54) is 0 Å². The molecule has 9 heteroatoms. The summed E-state index contributed by atoms with van der Waals surface area (Å²) in [5.74, 6) is -0.440. The minimum absolute atomic E-state index is 0.342. The molecule has 0 aromatic heterocycles. The first-order chi connectivity index (χ1) is 17.7. The van der Waals surface area contributed by atoms with E-state index in [-0.39, 0.29) is 5.79 Å². The Morgan fingerprint density at radius 1 is 0.568 bits per heavy atom. The van der Waals surface area contributed by atoms with Gasteiger partial charge in [-0.2, -0.15) is 0 Å². The van der Waals surface area contributed by atoms with E-state index in [4.69, 9.17) is 18.9 Å². The molecule has 0 amide bonds. The summed E-state index contributed by atoms with van der Waals surface area (Å²) in [7, 11) is 0. The number of benzene rings is 2. The highest BCUT2D eigenvalue weighted by Crippen LogP contribution is 2.45. The number of carbonyl (C=O) groups excluding carboxylic acids is 1. The predicted molar refractivity (Wildman–Crippen MR) is 151 cm³/mol. The first kappa shape index (κ1) is 29.3. The molecule has 0 bridgehead atoms.